The molecule has 1 fully saturated rings. The van der Waals surface area contributed by atoms with E-state index in [1.165, 1.54) is 0 Å². The van der Waals surface area contributed by atoms with E-state index >= 15 is 0 Å². The van der Waals surface area contributed by atoms with Crippen LogP contribution >= 0.6 is 0 Å². The fourth-order valence-electron chi connectivity index (χ4n) is 2.57. The Morgan fingerprint density at radius 3 is 2.80 bits per heavy atom. The summed E-state index contributed by atoms with van der Waals surface area (Å²) in [4.78, 5) is 14.3. The molecule has 0 aromatic heterocycles. The van der Waals surface area contributed by atoms with Crippen molar-refractivity contribution in [2.75, 3.05) is 18.4 Å². The van der Waals surface area contributed by atoms with Gasteiger partial charge in [0, 0.05) is 18.8 Å². The second-order valence-corrected chi connectivity index (χ2v) is 5.73. The molecule has 1 aliphatic rings. The first-order valence-electron chi connectivity index (χ1n) is 7.35. The van der Waals surface area contributed by atoms with E-state index in [2.05, 4.69) is 12.2 Å². The lowest BCUT2D eigenvalue weighted by Gasteiger charge is -2.32. The van der Waals surface area contributed by atoms with Crippen LogP contribution in [-0.2, 0) is 11.4 Å². The van der Waals surface area contributed by atoms with Crippen LogP contribution in [0, 0.1) is 5.92 Å². The SMILES string of the molecule is CC1CCN(C(=O)C(C)Nc2cccc(CO)c2)CC1. The van der Waals surface area contributed by atoms with E-state index in [1.807, 2.05) is 36.1 Å². The second-order valence-electron chi connectivity index (χ2n) is 5.73. The summed E-state index contributed by atoms with van der Waals surface area (Å²) in [7, 11) is 0. The van der Waals surface area contributed by atoms with Gasteiger partial charge in [0.2, 0.25) is 5.91 Å². The van der Waals surface area contributed by atoms with Crippen molar-refractivity contribution in [3.05, 3.63) is 29.8 Å². The number of piperidine rings is 1. The molecule has 0 aliphatic carbocycles. The molecule has 0 saturated carbocycles. The van der Waals surface area contributed by atoms with Crippen LogP contribution in [0.1, 0.15) is 32.3 Å². The first-order chi connectivity index (χ1) is 9.60. The number of anilines is 1. The summed E-state index contributed by atoms with van der Waals surface area (Å²) >= 11 is 0. The topological polar surface area (TPSA) is 52.6 Å². The number of hydrogen-bond acceptors (Lipinski definition) is 3. The molecule has 1 heterocycles. The molecular formula is C16H24N2O2. The van der Waals surface area contributed by atoms with E-state index in [1.54, 1.807) is 0 Å². The molecule has 1 aliphatic heterocycles. The zero-order valence-electron chi connectivity index (χ0n) is 12.3. The Bertz CT molecular complexity index is 454. The van der Waals surface area contributed by atoms with Gasteiger partial charge >= 0.3 is 0 Å². The standard InChI is InChI=1S/C16H24N2O2/c1-12-6-8-18(9-7-12)16(20)13(2)17-15-5-3-4-14(10-15)11-19/h3-5,10,12-13,17,19H,6-9,11H2,1-2H3. The lowest BCUT2D eigenvalue weighted by Crippen LogP contribution is -2.45. The zero-order valence-corrected chi connectivity index (χ0v) is 12.3. The van der Waals surface area contributed by atoms with Crippen molar-refractivity contribution < 1.29 is 9.90 Å². The third-order valence-electron chi connectivity index (χ3n) is 3.96. The minimum atomic E-state index is -0.239. The zero-order chi connectivity index (χ0) is 14.5. The summed E-state index contributed by atoms with van der Waals surface area (Å²) < 4.78 is 0. The van der Waals surface area contributed by atoms with Crippen molar-refractivity contribution in [3.8, 4) is 0 Å². The summed E-state index contributed by atoms with van der Waals surface area (Å²) in [5.74, 6) is 0.884. The van der Waals surface area contributed by atoms with E-state index in [9.17, 15) is 4.79 Å². The molecule has 0 radical (unpaired) electrons. The number of amides is 1. The molecule has 20 heavy (non-hydrogen) atoms. The monoisotopic (exact) mass is 276 g/mol. The molecule has 110 valence electrons. The van der Waals surface area contributed by atoms with Gasteiger partial charge in [-0.05, 0) is 43.4 Å². The van der Waals surface area contributed by atoms with E-state index in [-0.39, 0.29) is 18.6 Å². The van der Waals surface area contributed by atoms with E-state index in [0.717, 1.165) is 43.1 Å². The van der Waals surface area contributed by atoms with Gasteiger partial charge in [-0.1, -0.05) is 19.1 Å². The van der Waals surface area contributed by atoms with Gasteiger partial charge in [-0.2, -0.15) is 0 Å². The Hall–Kier alpha value is -1.55. The maximum absolute atomic E-state index is 12.4. The van der Waals surface area contributed by atoms with Gasteiger partial charge in [-0.15, -0.1) is 0 Å². The fourth-order valence-corrected chi connectivity index (χ4v) is 2.57. The van der Waals surface area contributed by atoms with Gasteiger partial charge in [0.15, 0.2) is 0 Å². The minimum Gasteiger partial charge on any atom is -0.392 e. The lowest BCUT2D eigenvalue weighted by molar-refractivity contribution is -0.132. The van der Waals surface area contributed by atoms with Crippen molar-refractivity contribution in [2.45, 2.75) is 39.3 Å². The molecule has 1 aromatic rings. The van der Waals surface area contributed by atoms with Crippen LogP contribution in [0.4, 0.5) is 5.69 Å². The van der Waals surface area contributed by atoms with Crippen LogP contribution in [0.2, 0.25) is 0 Å². The lowest BCUT2D eigenvalue weighted by atomic mass is 9.99. The first kappa shape index (κ1) is 14.9. The maximum atomic E-state index is 12.4. The fraction of sp³-hybridized carbons (Fsp3) is 0.562. The molecule has 1 atom stereocenters. The molecule has 0 bridgehead atoms. The van der Waals surface area contributed by atoms with Crippen molar-refractivity contribution in [3.63, 3.8) is 0 Å². The third-order valence-corrected chi connectivity index (χ3v) is 3.96. The average molecular weight is 276 g/mol. The number of aliphatic hydroxyl groups excluding tert-OH is 1. The van der Waals surface area contributed by atoms with Crippen LogP contribution in [0.25, 0.3) is 0 Å². The largest absolute Gasteiger partial charge is 0.392 e. The Kier molecular flexibility index (Phi) is 5.01. The number of likely N-dealkylation sites (tertiary alicyclic amines) is 1. The smallest absolute Gasteiger partial charge is 0.244 e. The highest BCUT2D eigenvalue weighted by Gasteiger charge is 2.24. The van der Waals surface area contributed by atoms with Crippen LogP contribution in [-0.4, -0.2) is 35.0 Å². The number of carbonyl (C=O) groups is 1. The van der Waals surface area contributed by atoms with Crippen LogP contribution in [0.15, 0.2) is 24.3 Å². The van der Waals surface area contributed by atoms with E-state index < -0.39 is 0 Å². The van der Waals surface area contributed by atoms with Crippen molar-refractivity contribution in [1.29, 1.82) is 0 Å². The number of hydrogen-bond donors (Lipinski definition) is 2. The predicted molar refractivity (Wildman–Crippen MR) is 80.4 cm³/mol. The van der Waals surface area contributed by atoms with Gasteiger partial charge in [0.25, 0.3) is 0 Å². The summed E-state index contributed by atoms with van der Waals surface area (Å²) in [6.07, 6.45) is 2.19. The number of benzene rings is 1. The predicted octanol–water partition coefficient (Wildman–Crippen LogP) is 2.24. The Labute approximate surface area is 120 Å². The summed E-state index contributed by atoms with van der Waals surface area (Å²) in [6, 6.07) is 7.30. The molecule has 2 N–H and O–H groups in total. The van der Waals surface area contributed by atoms with Gasteiger partial charge in [0.05, 0.1) is 6.61 Å². The molecular weight excluding hydrogens is 252 g/mol. The molecule has 2 rings (SSSR count). The highest BCUT2D eigenvalue weighted by molar-refractivity contribution is 5.84. The van der Waals surface area contributed by atoms with Gasteiger partial charge in [0.1, 0.15) is 6.04 Å². The number of nitrogens with one attached hydrogen (secondary N) is 1. The Morgan fingerprint density at radius 1 is 1.45 bits per heavy atom. The van der Waals surface area contributed by atoms with Crippen molar-refractivity contribution in [1.82, 2.24) is 4.90 Å². The minimum absolute atomic E-state index is 0.0157. The normalized spacial score (nSPS) is 17.9. The highest BCUT2D eigenvalue weighted by atomic mass is 16.3. The van der Waals surface area contributed by atoms with Gasteiger partial charge < -0.3 is 15.3 Å². The first-order valence-corrected chi connectivity index (χ1v) is 7.35. The number of aliphatic hydroxyl groups is 1. The molecule has 4 nitrogen and oxygen atoms in total. The van der Waals surface area contributed by atoms with E-state index in [0.29, 0.717) is 0 Å². The number of nitrogens with zero attached hydrogens (tertiary/aromatic N) is 1. The van der Waals surface area contributed by atoms with Crippen LogP contribution < -0.4 is 5.32 Å². The second kappa shape index (κ2) is 6.75. The third kappa shape index (κ3) is 3.73. The van der Waals surface area contributed by atoms with Crippen LogP contribution in [0.5, 0.6) is 0 Å². The molecule has 1 amide bonds. The Balaban J connectivity index is 1.93. The highest BCUT2D eigenvalue weighted by Crippen LogP contribution is 2.18. The molecule has 4 heteroatoms. The van der Waals surface area contributed by atoms with Crippen LogP contribution in [0.3, 0.4) is 0 Å². The molecule has 1 saturated heterocycles. The molecule has 1 unspecified atom stereocenters. The summed E-state index contributed by atoms with van der Waals surface area (Å²) in [5.41, 5.74) is 1.73. The summed E-state index contributed by atoms with van der Waals surface area (Å²) in [5, 5.41) is 12.4. The quantitative estimate of drug-likeness (QED) is 0.886. The van der Waals surface area contributed by atoms with Crippen molar-refractivity contribution >= 4 is 11.6 Å². The average Bonchev–Trinajstić information content (AvgIpc) is 2.47. The number of rotatable bonds is 4. The summed E-state index contributed by atoms with van der Waals surface area (Å²) in [6.45, 7) is 5.88. The van der Waals surface area contributed by atoms with Gasteiger partial charge in [-0.25, -0.2) is 0 Å². The van der Waals surface area contributed by atoms with Crippen molar-refractivity contribution in [2.24, 2.45) is 5.92 Å². The van der Waals surface area contributed by atoms with E-state index in [4.69, 9.17) is 5.11 Å². The molecule has 0 spiro atoms. The molecule has 1 aromatic carbocycles. The number of carbonyl (C=O) groups excluding carboxylic acids is 1. The Morgan fingerprint density at radius 2 is 2.15 bits per heavy atom. The maximum Gasteiger partial charge on any atom is 0.244 e. The van der Waals surface area contributed by atoms with Gasteiger partial charge in [-0.3, -0.25) is 4.79 Å².